The number of nitrogens with zero attached hydrogens (tertiary/aromatic N) is 6. The van der Waals surface area contributed by atoms with E-state index in [4.69, 9.17) is 0 Å². The van der Waals surface area contributed by atoms with Crippen molar-refractivity contribution in [2.45, 2.75) is 77.3 Å². The van der Waals surface area contributed by atoms with E-state index in [1.807, 2.05) is 53.3 Å². The maximum atomic E-state index is 4.29. The SMILES string of the molecule is Cn1c[n+](CCCCCCCCCCCCn2c[n+](C)cn2)cn1.[I-].[I-]. The maximum Gasteiger partial charge on any atom is 0.265 e. The lowest BCUT2D eigenvalue weighted by molar-refractivity contribution is -0.698. The molecule has 2 aromatic rings. The Hall–Kier alpha value is -0.260. The molecule has 2 aromatic heterocycles. The molecule has 0 aliphatic rings. The van der Waals surface area contributed by atoms with Crippen LogP contribution in [0, 0.1) is 0 Å². The van der Waals surface area contributed by atoms with Gasteiger partial charge in [0.25, 0.3) is 12.7 Å². The summed E-state index contributed by atoms with van der Waals surface area (Å²) in [6.07, 6.45) is 21.3. The second kappa shape index (κ2) is 15.8. The molecule has 0 fully saturated rings. The summed E-state index contributed by atoms with van der Waals surface area (Å²) >= 11 is 0. The third kappa shape index (κ3) is 11.5. The van der Waals surface area contributed by atoms with Crippen molar-refractivity contribution in [2.24, 2.45) is 14.1 Å². The Kier molecular flexibility index (Phi) is 15.6. The Labute approximate surface area is 192 Å². The van der Waals surface area contributed by atoms with Crippen LogP contribution in [-0.2, 0) is 27.2 Å². The molecule has 2 rings (SSSR count). The van der Waals surface area contributed by atoms with Crippen molar-refractivity contribution < 1.29 is 57.1 Å². The van der Waals surface area contributed by atoms with Gasteiger partial charge in [-0.25, -0.2) is 9.13 Å². The summed E-state index contributed by atoms with van der Waals surface area (Å²) in [5.74, 6) is 0. The molecule has 0 N–H and O–H groups in total. The number of unbranched alkanes of at least 4 members (excludes halogenated alkanes) is 9. The Morgan fingerprint density at radius 3 is 1.81 bits per heavy atom. The fraction of sp³-hybridized carbons (Fsp3) is 0.778. The van der Waals surface area contributed by atoms with E-state index in [1.165, 1.54) is 64.2 Å². The average molecular weight is 588 g/mol. The number of hydrogen-bond acceptors (Lipinski definition) is 2. The third-order valence-electron chi connectivity index (χ3n) is 4.45. The zero-order valence-corrected chi connectivity index (χ0v) is 20.5. The zero-order chi connectivity index (χ0) is 17.0. The Morgan fingerprint density at radius 2 is 1.31 bits per heavy atom. The molecule has 26 heavy (non-hydrogen) atoms. The molecule has 2 heterocycles. The van der Waals surface area contributed by atoms with Gasteiger partial charge in [0, 0.05) is 10.2 Å². The van der Waals surface area contributed by atoms with E-state index in [-0.39, 0.29) is 48.0 Å². The normalized spacial score (nSPS) is 10.4. The smallest absolute Gasteiger partial charge is 0.265 e. The van der Waals surface area contributed by atoms with Crippen molar-refractivity contribution in [3.05, 3.63) is 25.3 Å². The van der Waals surface area contributed by atoms with Gasteiger partial charge in [-0.1, -0.05) is 51.4 Å². The molecule has 0 amide bonds. The summed E-state index contributed by atoms with van der Waals surface area (Å²) in [5.41, 5.74) is 0. The fourth-order valence-electron chi connectivity index (χ4n) is 3.05. The first-order valence-corrected chi connectivity index (χ1v) is 9.49. The maximum absolute atomic E-state index is 4.29. The van der Waals surface area contributed by atoms with Gasteiger partial charge < -0.3 is 48.0 Å². The molecule has 0 spiro atoms. The van der Waals surface area contributed by atoms with E-state index in [0.29, 0.717) is 0 Å². The van der Waals surface area contributed by atoms with Crippen LogP contribution in [0.25, 0.3) is 0 Å². The second-order valence-electron chi connectivity index (χ2n) is 6.87. The van der Waals surface area contributed by atoms with Gasteiger partial charge >= 0.3 is 0 Å². The molecule has 8 heteroatoms. The summed E-state index contributed by atoms with van der Waals surface area (Å²) < 4.78 is 8.05. The number of rotatable bonds is 13. The lowest BCUT2D eigenvalue weighted by atomic mass is 10.1. The Morgan fingerprint density at radius 1 is 0.731 bits per heavy atom. The quantitative estimate of drug-likeness (QED) is 0.138. The molecule has 0 saturated carbocycles. The van der Waals surface area contributed by atoms with Gasteiger partial charge in [-0.15, -0.1) is 9.36 Å². The van der Waals surface area contributed by atoms with Crippen LogP contribution in [0.3, 0.4) is 0 Å². The monoisotopic (exact) mass is 588 g/mol. The van der Waals surface area contributed by atoms with Crippen LogP contribution >= 0.6 is 0 Å². The van der Waals surface area contributed by atoms with Gasteiger partial charge in [-0.05, 0) is 12.8 Å². The van der Waals surface area contributed by atoms with Crippen LogP contribution in [0.1, 0.15) is 64.2 Å². The predicted octanol–water partition coefficient (Wildman–Crippen LogP) is -3.66. The number of hydrogen-bond donors (Lipinski definition) is 0. The highest BCUT2D eigenvalue weighted by atomic mass is 127. The van der Waals surface area contributed by atoms with Crippen LogP contribution in [0.5, 0.6) is 0 Å². The molecule has 0 aliphatic heterocycles. The van der Waals surface area contributed by atoms with Crippen molar-refractivity contribution in [2.75, 3.05) is 0 Å². The van der Waals surface area contributed by atoms with Crippen LogP contribution in [0.15, 0.2) is 25.3 Å². The fourth-order valence-corrected chi connectivity index (χ4v) is 3.05. The third-order valence-corrected chi connectivity index (χ3v) is 4.45. The van der Waals surface area contributed by atoms with Crippen molar-refractivity contribution in [1.82, 2.24) is 19.6 Å². The summed E-state index contributed by atoms with van der Waals surface area (Å²) in [6, 6.07) is 0. The minimum atomic E-state index is 0. The first kappa shape index (κ1) is 25.7. The molecule has 0 aromatic carbocycles. The second-order valence-corrected chi connectivity index (χ2v) is 6.87. The molecule has 0 radical (unpaired) electrons. The highest BCUT2D eigenvalue weighted by Gasteiger charge is 2.02. The van der Waals surface area contributed by atoms with Gasteiger partial charge in [0.1, 0.15) is 6.54 Å². The number of aryl methyl sites for hydroxylation is 4. The van der Waals surface area contributed by atoms with E-state index < -0.39 is 0 Å². The molecule has 0 saturated heterocycles. The Bertz CT molecular complexity index is 519. The molecule has 0 atom stereocenters. The molecule has 0 aliphatic carbocycles. The first-order chi connectivity index (χ1) is 11.7. The van der Waals surface area contributed by atoms with Gasteiger partial charge in [0.05, 0.1) is 20.6 Å². The van der Waals surface area contributed by atoms with Crippen molar-refractivity contribution in [3.63, 3.8) is 0 Å². The lowest BCUT2D eigenvalue weighted by Gasteiger charge is -2.02. The van der Waals surface area contributed by atoms with Gasteiger partial charge in [-0.2, -0.15) is 0 Å². The van der Waals surface area contributed by atoms with Crippen molar-refractivity contribution in [3.8, 4) is 0 Å². The summed E-state index contributed by atoms with van der Waals surface area (Å²) in [6.45, 7) is 2.15. The first-order valence-electron chi connectivity index (χ1n) is 9.49. The van der Waals surface area contributed by atoms with Crippen LogP contribution in [-0.4, -0.2) is 19.6 Å². The van der Waals surface area contributed by atoms with Gasteiger partial charge in [0.2, 0.25) is 12.7 Å². The molecule has 6 nitrogen and oxygen atoms in total. The highest BCUT2D eigenvalue weighted by Crippen LogP contribution is 2.10. The molecular formula is C18H34I2N6. The van der Waals surface area contributed by atoms with E-state index in [0.717, 1.165) is 13.1 Å². The Balaban J connectivity index is 0.00000312. The van der Waals surface area contributed by atoms with Crippen LogP contribution in [0.2, 0.25) is 0 Å². The molecule has 0 bridgehead atoms. The van der Waals surface area contributed by atoms with E-state index in [1.54, 1.807) is 0 Å². The number of aromatic nitrogens is 6. The van der Waals surface area contributed by atoms with Crippen molar-refractivity contribution >= 4 is 0 Å². The summed E-state index contributed by atoms with van der Waals surface area (Å²) in [4.78, 5) is 0. The molecule has 150 valence electrons. The molecule has 0 unspecified atom stereocenters. The lowest BCUT2D eigenvalue weighted by Crippen LogP contribution is -3.00. The van der Waals surface area contributed by atoms with E-state index in [2.05, 4.69) is 14.8 Å². The summed E-state index contributed by atoms with van der Waals surface area (Å²) in [5, 5.41) is 8.47. The van der Waals surface area contributed by atoms with Gasteiger partial charge in [0.15, 0.2) is 0 Å². The summed E-state index contributed by atoms with van der Waals surface area (Å²) in [7, 11) is 3.98. The van der Waals surface area contributed by atoms with E-state index in [9.17, 15) is 0 Å². The van der Waals surface area contributed by atoms with Crippen LogP contribution < -0.4 is 57.1 Å². The minimum absolute atomic E-state index is 0. The predicted molar refractivity (Wildman–Crippen MR) is 93.0 cm³/mol. The largest absolute Gasteiger partial charge is 1.00 e. The van der Waals surface area contributed by atoms with Crippen molar-refractivity contribution in [1.29, 1.82) is 0 Å². The zero-order valence-electron chi connectivity index (χ0n) is 16.2. The highest BCUT2D eigenvalue weighted by molar-refractivity contribution is 4.50. The van der Waals surface area contributed by atoms with Gasteiger partial charge in [-0.3, -0.25) is 0 Å². The topological polar surface area (TPSA) is 43.4 Å². The minimum Gasteiger partial charge on any atom is -1.00 e. The van der Waals surface area contributed by atoms with E-state index >= 15 is 0 Å². The standard InChI is InChI=1S/C18H34N6.2HI/c1-21-15-20-24(17-21)14-12-10-8-6-4-3-5-7-9-11-13-23-16-19-22(2)18-23;;/h15-18H,3-14H2,1-2H3;2*1H/q+2;;/p-2. The number of halogens is 2. The molecular weight excluding hydrogens is 554 g/mol. The van der Waals surface area contributed by atoms with Crippen LogP contribution in [0.4, 0.5) is 0 Å². The average Bonchev–Trinajstić information content (AvgIpc) is 3.17.